The Balaban J connectivity index is 3.12. The van der Waals surface area contributed by atoms with Crippen LogP contribution in [0.2, 0.25) is 0 Å². The molecule has 0 aliphatic carbocycles. The largest absolute Gasteiger partial charge is 0.461 e. The number of aliphatic hydroxyl groups excluding tert-OH is 2. The Morgan fingerprint density at radius 2 is 2.06 bits per heavy atom. The van der Waals surface area contributed by atoms with Gasteiger partial charge in [-0.1, -0.05) is 0 Å². The van der Waals surface area contributed by atoms with Crippen molar-refractivity contribution in [3.63, 3.8) is 0 Å². The third-order valence-corrected chi connectivity index (χ3v) is 2.88. The Kier molecular flexibility index (Phi) is 4.89. The lowest BCUT2D eigenvalue weighted by Crippen LogP contribution is -2.27. The van der Waals surface area contributed by atoms with Gasteiger partial charge in [-0.2, -0.15) is 0 Å². The Morgan fingerprint density at radius 3 is 2.56 bits per heavy atom. The van der Waals surface area contributed by atoms with Crippen molar-refractivity contribution < 1.29 is 19.7 Å². The van der Waals surface area contributed by atoms with E-state index in [-0.39, 0.29) is 13.2 Å². The summed E-state index contributed by atoms with van der Waals surface area (Å²) in [6.45, 7) is 5.35. The van der Waals surface area contributed by atoms with Crippen LogP contribution in [0.15, 0.2) is 0 Å². The summed E-state index contributed by atoms with van der Waals surface area (Å²) in [7, 11) is 0. The van der Waals surface area contributed by atoms with Crippen LogP contribution in [0, 0.1) is 13.8 Å². The molecular weight excluding hydrogens is 236 g/mol. The molecule has 0 aliphatic heterocycles. The van der Waals surface area contributed by atoms with Gasteiger partial charge in [0.2, 0.25) is 0 Å². The summed E-state index contributed by atoms with van der Waals surface area (Å²) in [6, 6.07) is 0. The SMILES string of the molecule is CCOC(=O)c1[nH]c(C)c(C(O)C(O)CN)c1C. The number of rotatable bonds is 5. The smallest absolute Gasteiger partial charge is 0.355 e. The van der Waals surface area contributed by atoms with E-state index in [0.717, 1.165) is 0 Å². The van der Waals surface area contributed by atoms with Gasteiger partial charge in [0.15, 0.2) is 0 Å². The molecule has 0 aromatic carbocycles. The molecule has 2 atom stereocenters. The van der Waals surface area contributed by atoms with Crippen LogP contribution in [-0.2, 0) is 4.74 Å². The van der Waals surface area contributed by atoms with Crippen LogP contribution >= 0.6 is 0 Å². The van der Waals surface area contributed by atoms with Crippen LogP contribution in [0.5, 0.6) is 0 Å². The highest BCUT2D eigenvalue weighted by molar-refractivity contribution is 5.89. The molecule has 5 N–H and O–H groups in total. The number of aryl methyl sites for hydroxylation is 1. The molecule has 1 aromatic heterocycles. The number of hydrogen-bond donors (Lipinski definition) is 4. The lowest BCUT2D eigenvalue weighted by Gasteiger charge is -2.17. The second kappa shape index (κ2) is 5.99. The van der Waals surface area contributed by atoms with Gasteiger partial charge in [-0.25, -0.2) is 4.79 Å². The van der Waals surface area contributed by atoms with Gasteiger partial charge in [0.1, 0.15) is 11.8 Å². The monoisotopic (exact) mass is 256 g/mol. The molecule has 0 radical (unpaired) electrons. The van der Waals surface area contributed by atoms with E-state index in [1.165, 1.54) is 0 Å². The molecule has 0 spiro atoms. The highest BCUT2D eigenvalue weighted by Crippen LogP contribution is 2.27. The molecule has 102 valence electrons. The van der Waals surface area contributed by atoms with Crippen molar-refractivity contribution >= 4 is 5.97 Å². The molecule has 1 aromatic rings. The molecule has 0 saturated heterocycles. The molecule has 2 unspecified atom stereocenters. The average Bonchev–Trinajstić information content (AvgIpc) is 2.63. The van der Waals surface area contributed by atoms with Gasteiger partial charge < -0.3 is 25.7 Å². The van der Waals surface area contributed by atoms with E-state index in [0.29, 0.717) is 22.5 Å². The van der Waals surface area contributed by atoms with Gasteiger partial charge in [-0.15, -0.1) is 0 Å². The van der Waals surface area contributed by atoms with E-state index in [4.69, 9.17) is 10.5 Å². The van der Waals surface area contributed by atoms with E-state index in [2.05, 4.69) is 4.98 Å². The number of esters is 1. The maximum Gasteiger partial charge on any atom is 0.355 e. The van der Waals surface area contributed by atoms with Crippen molar-refractivity contribution in [2.45, 2.75) is 33.0 Å². The zero-order valence-corrected chi connectivity index (χ0v) is 10.9. The second-order valence-corrected chi connectivity index (χ2v) is 4.13. The third-order valence-electron chi connectivity index (χ3n) is 2.88. The number of ether oxygens (including phenoxy) is 1. The van der Waals surface area contributed by atoms with Gasteiger partial charge in [0.05, 0.1) is 12.7 Å². The van der Waals surface area contributed by atoms with Gasteiger partial charge in [-0.05, 0) is 26.3 Å². The fraction of sp³-hybridized carbons (Fsp3) is 0.583. The zero-order valence-electron chi connectivity index (χ0n) is 10.9. The molecule has 18 heavy (non-hydrogen) atoms. The zero-order chi connectivity index (χ0) is 13.9. The summed E-state index contributed by atoms with van der Waals surface area (Å²) < 4.78 is 4.90. The first-order chi connectivity index (χ1) is 8.43. The van der Waals surface area contributed by atoms with Gasteiger partial charge in [0.25, 0.3) is 0 Å². The Labute approximate surface area is 106 Å². The summed E-state index contributed by atoms with van der Waals surface area (Å²) in [4.78, 5) is 14.5. The first kappa shape index (κ1) is 14.7. The molecule has 0 amide bonds. The molecule has 6 nitrogen and oxygen atoms in total. The van der Waals surface area contributed by atoms with Crippen molar-refractivity contribution in [3.8, 4) is 0 Å². The number of nitrogens with two attached hydrogens (primary N) is 1. The number of nitrogens with one attached hydrogen (secondary N) is 1. The van der Waals surface area contributed by atoms with Gasteiger partial charge in [-0.3, -0.25) is 0 Å². The number of aliphatic hydroxyl groups is 2. The summed E-state index contributed by atoms with van der Waals surface area (Å²) in [5.41, 5.74) is 7.30. The Morgan fingerprint density at radius 1 is 1.44 bits per heavy atom. The lowest BCUT2D eigenvalue weighted by molar-refractivity contribution is 0.0236. The standard InChI is InChI=1S/C12H20N2O4/c1-4-18-12(17)10-6(2)9(7(3)14-10)11(16)8(15)5-13/h8,11,14-16H,4-5,13H2,1-3H3. The Hall–Kier alpha value is -1.37. The molecule has 0 fully saturated rings. The van der Waals surface area contributed by atoms with Crippen LogP contribution in [0.3, 0.4) is 0 Å². The van der Waals surface area contributed by atoms with E-state index >= 15 is 0 Å². The number of carbonyl (C=O) groups excluding carboxylic acids is 1. The maximum absolute atomic E-state index is 11.7. The van der Waals surface area contributed by atoms with Crippen molar-refractivity contribution in [1.82, 2.24) is 4.98 Å². The Bertz CT molecular complexity index is 428. The van der Waals surface area contributed by atoms with Crippen molar-refractivity contribution in [2.24, 2.45) is 5.73 Å². The average molecular weight is 256 g/mol. The highest BCUT2D eigenvalue weighted by Gasteiger charge is 2.26. The third kappa shape index (κ3) is 2.72. The molecule has 6 heteroatoms. The quantitative estimate of drug-likeness (QED) is 0.561. The van der Waals surface area contributed by atoms with Crippen LogP contribution < -0.4 is 5.73 Å². The molecular formula is C12H20N2O4. The molecule has 0 saturated carbocycles. The topological polar surface area (TPSA) is 109 Å². The number of aromatic amines is 1. The van der Waals surface area contributed by atoms with Crippen LogP contribution in [0.4, 0.5) is 0 Å². The van der Waals surface area contributed by atoms with E-state index < -0.39 is 18.2 Å². The van der Waals surface area contributed by atoms with Crippen LogP contribution in [0.25, 0.3) is 0 Å². The normalized spacial score (nSPS) is 14.3. The number of hydrogen-bond acceptors (Lipinski definition) is 5. The van der Waals surface area contributed by atoms with Crippen molar-refractivity contribution in [1.29, 1.82) is 0 Å². The maximum atomic E-state index is 11.7. The predicted octanol–water partition coefficient (Wildman–Crippen LogP) is 0.161. The minimum atomic E-state index is -1.12. The van der Waals surface area contributed by atoms with Crippen molar-refractivity contribution in [3.05, 3.63) is 22.5 Å². The van der Waals surface area contributed by atoms with Crippen molar-refractivity contribution in [2.75, 3.05) is 13.2 Å². The van der Waals surface area contributed by atoms with Gasteiger partial charge in [0, 0.05) is 17.8 Å². The number of carbonyl (C=O) groups is 1. The lowest BCUT2D eigenvalue weighted by atomic mass is 10.00. The van der Waals surface area contributed by atoms with E-state index in [9.17, 15) is 15.0 Å². The predicted molar refractivity (Wildman–Crippen MR) is 66.2 cm³/mol. The first-order valence-corrected chi connectivity index (χ1v) is 5.86. The number of H-pyrrole nitrogens is 1. The summed E-state index contributed by atoms with van der Waals surface area (Å²) >= 11 is 0. The fourth-order valence-electron chi connectivity index (χ4n) is 1.94. The molecule has 0 bridgehead atoms. The summed E-state index contributed by atoms with van der Waals surface area (Å²) in [5, 5.41) is 19.5. The molecule has 1 heterocycles. The fourth-order valence-corrected chi connectivity index (χ4v) is 1.94. The summed E-state index contributed by atoms with van der Waals surface area (Å²) in [6.07, 6.45) is -2.18. The minimum Gasteiger partial charge on any atom is -0.461 e. The summed E-state index contributed by atoms with van der Waals surface area (Å²) in [5.74, 6) is -0.473. The first-order valence-electron chi connectivity index (χ1n) is 5.86. The second-order valence-electron chi connectivity index (χ2n) is 4.13. The molecule has 1 rings (SSSR count). The van der Waals surface area contributed by atoms with Crippen LogP contribution in [-0.4, -0.2) is 40.4 Å². The van der Waals surface area contributed by atoms with E-state index in [1.807, 2.05) is 0 Å². The highest BCUT2D eigenvalue weighted by atomic mass is 16.5. The molecule has 0 aliphatic rings. The number of aromatic nitrogens is 1. The van der Waals surface area contributed by atoms with Gasteiger partial charge >= 0.3 is 5.97 Å². The minimum absolute atomic E-state index is 0.0556. The van der Waals surface area contributed by atoms with E-state index in [1.54, 1.807) is 20.8 Å². The van der Waals surface area contributed by atoms with Crippen LogP contribution in [0.1, 0.15) is 40.3 Å².